The van der Waals surface area contributed by atoms with Gasteiger partial charge in [0.25, 0.3) is 0 Å². The van der Waals surface area contributed by atoms with Gasteiger partial charge in [-0.15, -0.1) is 10.2 Å². The molecular formula is C17H19N3O4S. The monoisotopic (exact) mass is 361 g/mol. The van der Waals surface area contributed by atoms with Crippen LogP contribution in [0.4, 0.5) is 0 Å². The molecule has 25 heavy (non-hydrogen) atoms. The number of ether oxygens (including phenoxy) is 2. The van der Waals surface area contributed by atoms with E-state index in [2.05, 4.69) is 10.2 Å². The number of hydrogen-bond acceptors (Lipinski definition) is 7. The average molecular weight is 361 g/mol. The third kappa shape index (κ3) is 4.62. The van der Waals surface area contributed by atoms with Crippen molar-refractivity contribution >= 4 is 11.8 Å². The quantitative estimate of drug-likeness (QED) is 0.586. The fourth-order valence-corrected chi connectivity index (χ4v) is 3.05. The Bertz CT molecular complexity index is 776. The van der Waals surface area contributed by atoms with Crippen LogP contribution in [0.2, 0.25) is 0 Å². The van der Waals surface area contributed by atoms with Crippen LogP contribution in [0.25, 0.3) is 5.69 Å². The predicted molar refractivity (Wildman–Crippen MR) is 93.0 cm³/mol. The molecule has 0 radical (unpaired) electrons. The van der Waals surface area contributed by atoms with Crippen LogP contribution < -0.4 is 4.74 Å². The second-order valence-corrected chi connectivity index (χ2v) is 6.20. The first kappa shape index (κ1) is 17.5. The lowest BCUT2D eigenvalue weighted by molar-refractivity contribution is 0.0328. The summed E-state index contributed by atoms with van der Waals surface area (Å²) in [4.78, 5) is 0. The summed E-state index contributed by atoms with van der Waals surface area (Å²) < 4.78 is 17.8. The minimum atomic E-state index is -0.622. The highest BCUT2D eigenvalue weighted by Crippen LogP contribution is 2.26. The molecule has 1 atom stereocenters. The number of aliphatic hydroxyl groups is 1. The lowest BCUT2D eigenvalue weighted by Crippen LogP contribution is -2.18. The van der Waals surface area contributed by atoms with Crippen LogP contribution in [0.15, 0.2) is 58.6 Å². The molecule has 0 unspecified atom stereocenters. The largest absolute Gasteiger partial charge is 0.495 e. The van der Waals surface area contributed by atoms with Gasteiger partial charge < -0.3 is 19.0 Å². The Balaban J connectivity index is 1.54. The first-order valence-electron chi connectivity index (χ1n) is 7.72. The van der Waals surface area contributed by atoms with E-state index in [0.717, 1.165) is 17.2 Å². The highest BCUT2D eigenvalue weighted by atomic mass is 32.2. The predicted octanol–water partition coefficient (Wildman–Crippen LogP) is 2.54. The Labute approximate surface area is 149 Å². The summed E-state index contributed by atoms with van der Waals surface area (Å²) in [5.74, 6) is 1.90. The van der Waals surface area contributed by atoms with Crippen molar-refractivity contribution in [1.82, 2.24) is 14.8 Å². The van der Waals surface area contributed by atoms with Gasteiger partial charge in [0, 0.05) is 5.75 Å². The molecule has 3 aromatic rings. The molecule has 2 aromatic heterocycles. The van der Waals surface area contributed by atoms with E-state index < -0.39 is 6.10 Å². The molecule has 0 aliphatic rings. The minimum absolute atomic E-state index is 0.219. The van der Waals surface area contributed by atoms with Crippen LogP contribution in [0.3, 0.4) is 0 Å². The zero-order chi connectivity index (χ0) is 17.5. The number of aliphatic hydroxyl groups excluding tert-OH is 1. The van der Waals surface area contributed by atoms with Crippen molar-refractivity contribution in [3.05, 3.63) is 54.7 Å². The average Bonchev–Trinajstić information content (AvgIpc) is 3.31. The first-order chi connectivity index (χ1) is 12.3. The van der Waals surface area contributed by atoms with Crippen LogP contribution in [-0.2, 0) is 11.3 Å². The number of rotatable bonds is 9. The summed E-state index contributed by atoms with van der Waals surface area (Å²) in [7, 11) is 1.62. The van der Waals surface area contributed by atoms with E-state index in [9.17, 15) is 5.11 Å². The number of hydrogen-bond donors (Lipinski definition) is 1. The Morgan fingerprint density at radius 1 is 1.28 bits per heavy atom. The van der Waals surface area contributed by atoms with E-state index in [-0.39, 0.29) is 6.61 Å². The number of thioether (sulfide) groups is 1. The lowest BCUT2D eigenvalue weighted by atomic mass is 10.3. The van der Waals surface area contributed by atoms with Gasteiger partial charge in [0.1, 0.15) is 24.4 Å². The van der Waals surface area contributed by atoms with Crippen molar-refractivity contribution in [3.63, 3.8) is 0 Å². The number of para-hydroxylation sites is 2. The van der Waals surface area contributed by atoms with Gasteiger partial charge in [0.15, 0.2) is 5.16 Å². The van der Waals surface area contributed by atoms with Crippen LogP contribution in [0, 0.1) is 0 Å². The highest BCUT2D eigenvalue weighted by Gasteiger charge is 2.13. The van der Waals surface area contributed by atoms with E-state index >= 15 is 0 Å². The summed E-state index contributed by atoms with van der Waals surface area (Å²) in [5.41, 5.74) is 0.848. The SMILES string of the molecule is COc1ccccc1-n1cnnc1SC[C@@H](O)COCc1ccco1. The Morgan fingerprint density at radius 2 is 2.16 bits per heavy atom. The molecule has 0 bridgehead atoms. The second kappa shape index (κ2) is 8.70. The van der Waals surface area contributed by atoms with E-state index in [1.54, 1.807) is 25.8 Å². The van der Waals surface area contributed by atoms with Crippen molar-refractivity contribution in [2.24, 2.45) is 0 Å². The molecule has 7 nitrogen and oxygen atoms in total. The van der Waals surface area contributed by atoms with E-state index in [1.807, 2.05) is 34.9 Å². The maximum atomic E-state index is 10.1. The van der Waals surface area contributed by atoms with E-state index in [1.165, 1.54) is 11.8 Å². The third-order valence-corrected chi connectivity index (χ3v) is 4.49. The topological polar surface area (TPSA) is 82.5 Å². The number of benzene rings is 1. The van der Waals surface area contributed by atoms with Gasteiger partial charge in [-0.2, -0.15) is 0 Å². The van der Waals surface area contributed by atoms with Crippen LogP contribution in [-0.4, -0.2) is 45.4 Å². The van der Waals surface area contributed by atoms with Crippen molar-refractivity contribution in [1.29, 1.82) is 0 Å². The number of nitrogens with zero attached hydrogens (tertiary/aromatic N) is 3. The fourth-order valence-electron chi connectivity index (χ4n) is 2.23. The fraction of sp³-hybridized carbons (Fsp3) is 0.294. The maximum absolute atomic E-state index is 10.1. The van der Waals surface area contributed by atoms with Gasteiger partial charge in [-0.05, 0) is 24.3 Å². The Hall–Kier alpha value is -2.29. The van der Waals surface area contributed by atoms with Gasteiger partial charge in [0.2, 0.25) is 0 Å². The summed E-state index contributed by atoms with van der Waals surface area (Å²) in [5, 5.41) is 18.8. The highest BCUT2D eigenvalue weighted by molar-refractivity contribution is 7.99. The van der Waals surface area contributed by atoms with E-state index in [0.29, 0.717) is 17.5 Å². The second-order valence-electron chi connectivity index (χ2n) is 5.21. The zero-order valence-electron chi connectivity index (χ0n) is 13.7. The Kier molecular flexibility index (Phi) is 6.10. The lowest BCUT2D eigenvalue weighted by Gasteiger charge is -2.12. The smallest absolute Gasteiger partial charge is 0.195 e. The van der Waals surface area contributed by atoms with Crippen molar-refractivity contribution < 1.29 is 19.0 Å². The summed E-state index contributed by atoms with van der Waals surface area (Å²) >= 11 is 1.40. The molecule has 0 aliphatic carbocycles. The molecule has 8 heteroatoms. The zero-order valence-corrected chi connectivity index (χ0v) is 14.6. The maximum Gasteiger partial charge on any atom is 0.195 e. The minimum Gasteiger partial charge on any atom is -0.495 e. The number of aromatic nitrogens is 3. The van der Waals surface area contributed by atoms with Gasteiger partial charge in [0.05, 0.1) is 31.8 Å². The molecule has 2 heterocycles. The van der Waals surface area contributed by atoms with Gasteiger partial charge in [-0.1, -0.05) is 23.9 Å². The Morgan fingerprint density at radius 3 is 2.96 bits per heavy atom. The van der Waals surface area contributed by atoms with Gasteiger partial charge in [-0.25, -0.2) is 0 Å². The molecule has 0 saturated heterocycles. The number of furan rings is 1. The molecule has 0 saturated carbocycles. The molecule has 1 N–H and O–H groups in total. The van der Waals surface area contributed by atoms with Crippen molar-refractivity contribution in [2.75, 3.05) is 19.5 Å². The number of methoxy groups -OCH3 is 1. The standard InChI is InChI=1S/C17H19N3O4S/c1-22-16-7-3-2-6-15(16)20-12-18-19-17(20)25-11-13(21)9-23-10-14-5-4-8-24-14/h2-8,12-13,21H,9-11H2,1H3/t13-/m0/s1. The van der Waals surface area contributed by atoms with Crippen LogP contribution in [0.1, 0.15) is 5.76 Å². The van der Waals surface area contributed by atoms with Crippen LogP contribution >= 0.6 is 11.8 Å². The first-order valence-corrected chi connectivity index (χ1v) is 8.71. The van der Waals surface area contributed by atoms with Gasteiger partial charge >= 0.3 is 0 Å². The third-order valence-electron chi connectivity index (χ3n) is 3.40. The van der Waals surface area contributed by atoms with Gasteiger partial charge in [-0.3, -0.25) is 4.57 Å². The van der Waals surface area contributed by atoms with Crippen LogP contribution in [0.5, 0.6) is 5.75 Å². The molecular weight excluding hydrogens is 342 g/mol. The van der Waals surface area contributed by atoms with Crippen molar-refractivity contribution in [2.45, 2.75) is 17.9 Å². The summed E-state index contributed by atoms with van der Waals surface area (Å²) in [6.45, 7) is 0.558. The molecule has 0 aliphatic heterocycles. The molecule has 1 aromatic carbocycles. The molecule has 0 amide bonds. The molecule has 132 valence electrons. The van der Waals surface area contributed by atoms with E-state index in [4.69, 9.17) is 13.9 Å². The molecule has 3 rings (SSSR count). The molecule has 0 fully saturated rings. The van der Waals surface area contributed by atoms with Crippen molar-refractivity contribution in [3.8, 4) is 11.4 Å². The summed E-state index contributed by atoms with van der Waals surface area (Å²) in [6, 6.07) is 11.3. The normalized spacial score (nSPS) is 12.2. The molecule has 0 spiro atoms. The summed E-state index contributed by atoms with van der Waals surface area (Å²) in [6.07, 6.45) is 2.60.